The summed E-state index contributed by atoms with van der Waals surface area (Å²) < 4.78 is 0. The summed E-state index contributed by atoms with van der Waals surface area (Å²) >= 11 is 1.59. The van der Waals surface area contributed by atoms with Crippen LogP contribution in [0, 0.1) is 5.92 Å². The van der Waals surface area contributed by atoms with Gasteiger partial charge >= 0.3 is 5.97 Å². The van der Waals surface area contributed by atoms with Crippen molar-refractivity contribution in [1.82, 2.24) is 4.90 Å². The first-order valence-corrected chi connectivity index (χ1v) is 6.84. The smallest absolute Gasteiger partial charge is 0.327 e. The minimum Gasteiger partial charge on any atom is -0.480 e. The fourth-order valence-corrected chi connectivity index (χ4v) is 3.45. The Morgan fingerprint density at radius 2 is 2.12 bits per heavy atom. The SMILES string of the molecule is CCC1SCC(C(=O)O)N1C(=O)CC1CC1. The normalized spacial score (nSPS) is 29.4. The van der Waals surface area contributed by atoms with Gasteiger partial charge in [-0.25, -0.2) is 4.79 Å². The number of aliphatic carboxylic acids is 1. The minimum absolute atomic E-state index is 0.0340. The molecule has 1 aliphatic heterocycles. The van der Waals surface area contributed by atoms with Gasteiger partial charge in [0.25, 0.3) is 0 Å². The van der Waals surface area contributed by atoms with Crippen LogP contribution in [0.5, 0.6) is 0 Å². The van der Waals surface area contributed by atoms with E-state index in [1.807, 2.05) is 6.92 Å². The Labute approximate surface area is 99.4 Å². The van der Waals surface area contributed by atoms with Crippen LogP contribution in [0.3, 0.4) is 0 Å². The molecule has 1 saturated heterocycles. The molecule has 1 amide bonds. The van der Waals surface area contributed by atoms with Crippen molar-refractivity contribution in [2.75, 3.05) is 5.75 Å². The Morgan fingerprint density at radius 1 is 1.44 bits per heavy atom. The molecule has 2 aliphatic rings. The second-order valence-corrected chi connectivity index (χ2v) is 5.71. The zero-order valence-corrected chi connectivity index (χ0v) is 10.2. The van der Waals surface area contributed by atoms with Gasteiger partial charge in [0.05, 0.1) is 5.37 Å². The van der Waals surface area contributed by atoms with Gasteiger partial charge in [-0.2, -0.15) is 0 Å². The monoisotopic (exact) mass is 243 g/mol. The summed E-state index contributed by atoms with van der Waals surface area (Å²) in [6, 6.07) is -0.610. The Hall–Kier alpha value is -0.710. The lowest BCUT2D eigenvalue weighted by Crippen LogP contribution is -2.45. The fourth-order valence-electron chi connectivity index (χ4n) is 2.08. The maximum atomic E-state index is 12.0. The molecule has 1 heterocycles. The van der Waals surface area contributed by atoms with Gasteiger partial charge < -0.3 is 10.0 Å². The number of carboxylic acids is 1. The molecule has 1 saturated carbocycles. The van der Waals surface area contributed by atoms with E-state index in [2.05, 4.69) is 0 Å². The maximum Gasteiger partial charge on any atom is 0.327 e. The third-order valence-electron chi connectivity index (χ3n) is 3.18. The van der Waals surface area contributed by atoms with Gasteiger partial charge in [-0.3, -0.25) is 4.79 Å². The van der Waals surface area contributed by atoms with Crippen molar-refractivity contribution in [2.45, 2.75) is 44.0 Å². The first-order chi connectivity index (χ1) is 7.63. The summed E-state index contributed by atoms with van der Waals surface area (Å²) in [5.41, 5.74) is 0. The van der Waals surface area contributed by atoms with Crippen LogP contribution in [0.15, 0.2) is 0 Å². The van der Waals surface area contributed by atoms with Crippen molar-refractivity contribution >= 4 is 23.6 Å². The number of hydrogen-bond donors (Lipinski definition) is 1. The number of amides is 1. The molecule has 0 spiro atoms. The van der Waals surface area contributed by atoms with Gasteiger partial charge in [0.1, 0.15) is 6.04 Å². The second-order valence-electron chi connectivity index (χ2n) is 4.50. The number of carboxylic acid groups (broad SMARTS) is 1. The molecule has 0 radical (unpaired) electrons. The fraction of sp³-hybridized carbons (Fsp3) is 0.818. The largest absolute Gasteiger partial charge is 0.480 e. The topological polar surface area (TPSA) is 57.6 Å². The van der Waals surface area contributed by atoms with Gasteiger partial charge in [0.2, 0.25) is 5.91 Å². The third-order valence-corrected chi connectivity index (χ3v) is 4.63. The predicted molar refractivity (Wildman–Crippen MR) is 62.1 cm³/mol. The molecule has 0 aromatic heterocycles. The van der Waals surface area contributed by atoms with E-state index >= 15 is 0 Å². The van der Waals surface area contributed by atoms with Crippen molar-refractivity contribution in [3.63, 3.8) is 0 Å². The standard InChI is InChI=1S/C11H17NO3S/c1-2-10-12(8(6-16-10)11(14)15)9(13)5-7-3-4-7/h7-8,10H,2-6H2,1H3,(H,14,15). The molecule has 2 fully saturated rings. The Morgan fingerprint density at radius 3 is 2.62 bits per heavy atom. The molecule has 2 atom stereocenters. The first kappa shape index (κ1) is 11.8. The Bertz CT molecular complexity index is 304. The Kier molecular flexibility index (Phi) is 3.42. The van der Waals surface area contributed by atoms with Crippen LogP contribution < -0.4 is 0 Å². The van der Waals surface area contributed by atoms with Crippen molar-refractivity contribution < 1.29 is 14.7 Å². The molecule has 4 nitrogen and oxygen atoms in total. The van der Waals surface area contributed by atoms with E-state index in [1.54, 1.807) is 16.7 Å². The molecule has 0 aromatic carbocycles. The highest BCUT2D eigenvalue weighted by atomic mass is 32.2. The van der Waals surface area contributed by atoms with Crippen LogP contribution in [0.1, 0.15) is 32.6 Å². The number of rotatable bonds is 4. The predicted octanol–water partition coefficient (Wildman–Crippen LogP) is 1.55. The summed E-state index contributed by atoms with van der Waals surface area (Å²) in [5.74, 6) is 0.217. The van der Waals surface area contributed by atoms with Gasteiger partial charge in [0.15, 0.2) is 0 Å². The lowest BCUT2D eigenvalue weighted by Gasteiger charge is -2.26. The molecule has 2 unspecified atom stereocenters. The highest BCUT2D eigenvalue weighted by Crippen LogP contribution is 2.37. The van der Waals surface area contributed by atoms with Crippen LogP contribution in [0.4, 0.5) is 0 Å². The average molecular weight is 243 g/mol. The van der Waals surface area contributed by atoms with Gasteiger partial charge in [-0.1, -0.05) is 6.92 Å². The number of hydrogen-bond acceptors (Lipinski definition) is 3. The van der Waals surface area contributed by atoms with Crippen LogP contribution in [0.25, 0.3) is 0 Å². The van der Waals surface area contributed by atoms with Crippen molar-refractivity contribution in [3.8, 4) is 0 Å². The van der Waals surface area contributed by atoms with E-state index in [0.29, 0.717) is 18.1 Å². The van der Waals surface area contributed by atoms with Crippen LogP contribution >= 0.6 is 11.8 Å². The maximum absolute atomic E-state index is 12.0. The molecular weight excluding hydrogens is 226 g/mol. The number of carbonyl (C=O) groups is 2. The van der Waals surface area contributed by atoms with E-state index in [4.69, 9.17) is 5.11 Å². The number of thioether (sulfide) groups is 1. The van der Waals surface area contributed by atoms with E-state index in [-0.39, 0.29) is 11.3 Å². The highest BCUT2D eigenvalue weighted by molar-refractivity contribution is 8.00. The van der Waals surface area contributed by atoms with Gasteiger partial charge in [0, 0.05) is 12.2 Å². The average Bonchev–Trinajstić information content (AvgIpc) is 2.94. The van der Waals surface area contributed by atoms with E-state index in [1.165, 1.54) is 0 Å². The van der Waals surface area contributed by atoms with Crippen LogP contribution in [-0.2, 0) is 9.59 Å². The molecule has 1 N–H and O–H groups in total. The molecule has 90 valence electrons. The molecule has 2 rings (SSSR count). The van der Waals surface area contributed by atoms with Crippen LogP contribution in [0.2, 0.25) is 0 Å². The molecule has 1 aliphatic carbocycles. The lowest BCUT2D eigenvalue weighted by atomic mass is 10.2. The molecular formula is C11H17NO3S. The van der Waals surface area contributed by atoms with E-state index in [0.717, 1.165) is 19.3 Å². The zero-order valence-electron chi connectivity index (χ0n) is 9.39. The van der Waals surface area contributed by atoms with Crippen molar-refractivity contribution in [2.24, 2.45) is 5.92 Å². The van der Waals surface area contributed by atoms with Crippen molar-refractivity contribution in [3.05, 3.63) is 0 Å². The quantitative estimate of drug-likeness (QED) is 0.814. The third kappa shape index (κ3) is 2.34. The minimum atomic E-state index is -0.868. The van der Waals surface area contributed by atoms with Gasteiger partial charge in [-0.15, -0.1) is 11.8 Å². The summed E-state index contributed by atoms with van der Waals surface area (Å²) in [6.45, 7) is 2.00. The summed E-state index contributed by atoms with van der Waals surface area (Å²) in [4.78, 5) is 24.7. The van der Waals surface area contributed by atoms with Gasteiger partial charge in [-0.05, 0) is 25.2 Å². The number of carbonyl (C=O) groups excluding carboxylic acids is 1. The molecule has 5 heteroatoms. The Balaban J connectivity index is 2.04. The first-order valence-electron chi connectivity index (χ1n) is 5.79. The molecule has 0 bridgehead atoms. The molecule has 16 heavy (non-hydrogen) atoms. The number of nitrogens with zero attached hydrogens (tertiary/aromatic N) is 1. The van der Waals surface area contributed by atoms with Crippen molar-refractivity contribution in [1.29, 1.82) is 0 Å². The highest BCUT2D eigenvalue weighted by Gasteiger charge is 2.41. The molecule has 0 aromatic rings. The van der Waals surface area contributed by atoms with E-state index in [9.17, 15) is 9.59 Å². The summed E-state index contributed by atoms with van der Waals surface area (Å²) in [6.07, 6.45) is 3.62. The second kappa shape index (κ2) is 4.65. The van der Waals surface area contributed by atoms with Crippen LogP contribution in [-0.4, -0.2) is 39.1 Å². The summed E-state index contributed by atoms with van der Waals surface area (Å²) in [5, 5.41) is 9.15. The zero-order chi connectivity index (χ0) is 11.7. The summed E-state index contributed by atoms with van der Waals surface area (Å²) in [7, 11) is 0. The van der Waals surface area contributed by atoms with E-state index < -0.39 is 12.0 Å². The lowest BCUT2D eigenvalue weighted by molar-refractivity contribution is -0.149.